The zero-order valence-electron chi connectivity index (χ0n) is 12.0. The van der Waals surface area contributed by atoms with Crippen LogP contribution in [0.4, 0.5) is 4.39 Å². The minimum atomic E-state index is -0.154. The van der Waals surface area contributed by atoms with Gasteiger partial charge in [-0.25, -0.2) is 4.39 Å². The lowest BCUT2D eigenvalue weighted by Crippen LogP contribution is -2.46. The van der Waals surface area contributed by atoms with E-state index in [2.05, 4.69) is 22.2 Å². The molecule has 0 saturated carbocycles. The van der Waals surface area contributed by atoms with E-state index in [0.29, 0.717) is 0 Å². The lowest BCUT2D eigenvalue weighted by molar-refractivity contribution is 0.154. The Morgan fingerprint density at radius 1 is 1.21 bits per heavy atom. The topological polar surface area (TPSA) is 18.5 Å². The fourth-order valence-corrected chi connectivity index (χ4v) is 2.39. The van der Waals surface area contributed by atoms with Crippen molar-refractivity contribution in [2.45, 2.75) is 13.5 Å². The van der Waals surface area contributed by atoms with Crippen LogP contribution < -0.4 is 5.32 Å². The molecule has 1 fully saturated rings. The molecule has 0 aromatic heterocycles. The van der Waals surface area contributed by atoms with Gasteiger partial charge in [-0.05, 0) is 37.2 Å². The summed E-state index contributed by atoms with van der Waals surface area (Å²) in [6.07, 6.45) is 0. The summed E-state index contributed by atoms with van der Waals surface area (Å²) in [5, 5.41) is 3.44. The molecule has 0 amide bonds. The largest absolute Gasteiger partial charge is 0.311 e. The summed E-state index contributed by atoms with van der Waals surface area (Å²) in [6.45, 7) is 9.50. The van der Waals surface area contributed by atoms with Crippen LogP contribution >= 0.6 is 0 Å². The number of hydrogen-bond acceptors (Lipinski definition) is 3. The van der Waals surface area contributed by atoms with Crippen LogP contribution in [0.2, 0.25) is 0 Å². The zero-order chi connectivity index (χ0) is 13.7. The first-order valence-corrected chi connectivity index (χ1v) is 7.02. The van der Waals surface area contributed by atoms with Gasteiger partial charge in [0.05, 0.1) is 0 Å². The minimum absolute atomic E-state index is 0.154. The quantitative estimate of drug-likeness (QED) is 0.813. The Morgan fingerprint density at radius 2 is 1.95 bits per heavy atom. The van der Waals surface area contributed by atoms with E-state index in [-0.39, 0.29) is 5.82 Å². The molecule has 19 heavy (non-hydrogen) atoms. The van der Waals surface area contributed by atoms with Gasteiger partial charge in [0.15, 0.2) is 0 Å². The first-order valence-electron chi connectivity index (χ1n) is 7.02. The average Bonchev–Trinajstić information content (AvgIpc) is 2.39. The molecule has 0 radical (unpaired) electrons. The van der Waals surface area contributed by atoms with E-state index in [1.165, 1.54) is 11.6 Å². The Bertz CT molecular complexity index is 400. The number of rotatable bonds is 5. The zero-order valence-corrected chi connectivity index (χ0v) is 12.0. The molecule has 0 atom stereocenters. The average molecular weight is 265 g/mol. The highest BCUT2D eigenvalue weighted by molar-refractivity contribution is 5.26. The molecule has 4 heteroatoms. The number of benzene rings is 1. The molecule has 1 aromatic rings. The summed E-state index contributed by atoms with van der Waals surface area (Å²) in [7, 11) is 2.17. The first kappa shape index (κ1) is 14.4. The maximum absolute atomic E-state index is 13.0. The molecule has 0 spiro atoms. The standard InChI is InChI=1S/C15H24FN3/c1-13-11-15(16)4-3-14(13)12-17-5-6-19-9-7-18(2)8-10-19/h3-4,11,17H,5-10,12H2,1-2H3. The highest BCUT2D eigenvalue weighted by Gasteiger charge is 2.12. The van der Waals surface area contributed by atoms with Crippen molar-refractivity contribution in [1.29, 1.82) is 0 Å². The fraction of sp³-hybridized carbons (Fsp3) is 0.600. The highest BCUT2D eigenvalue weighted by Crippen LogP contribution is 2.09. The van der Waals surface area contributed by atoms with Crippen molar-refractivity contribution < 1.29 is 4.39 Å². The summed E-state index contributed by atoms with van der Waals surface area (Å²) in [4.78, 5) is 4.86. The van der Waals surface area contributed by atoms with Gasteiger partial charge < -0.3 is 10.2 Å². The van der Waals surface area contributed by atoms with Crippen LogP contribution in [0.15, 0.2) is 18.2 Å². The van der Waals surface area contributed by atoms with E-state index >= 15 is 0 Å². The molecule has 0 bridgehead atoms. The molecule has 1 saturated heterocycles. The van der Waals surface area contributed by atoms with E-state index in [4.69, 9.17) is 0 Å². The van der Waals surface area contributed by atoms with Crippen molar-refractivity contribution in [3.63, 3.8) is 0 Å². The SMILES string of the molecule is Cc1cc(F)ccc1CNCCN1CCN(C)CC1. The predicted molar refractivity (Wildman–Crippen MR) is 76.8 cm³/mol. The summed E-state index contributed by atoms with van der Waals surface area (Å²) in [6, 6.07) is 5.00. The third kappa shape index (κ3) is 4.56. The highest BCUT2D eigenvalue weighted by atomic mass is 19.1. The second-order valence-electron chi connectivity index (χ2n) is 5.39. The minimum Gasteiger partial charge on any atom is -0.311 e. The van der Waals surface area contributed by atoms with Crippen LogP contribution in [-0.2, 0) is 6.54 Å². The number of aryl methyl sites for hydroxylation is 1. The monoisotopic (exact) mass is 265 g/mol. The Morgan fingerprint density at radius 3 is 2.63 bits per heavy atom. The fourth-order valence-electron chi connectivity index (χ4n) is 2.39. The molecule has 1 N–H and O–H groups in total. The van der Waals surface area contributed by atoms with Crippen LogP contribution in [0, 0.1) is 12.7 Å². The maximum Gasteiger partial charge on any atom is 0.123 e. The van der Waals surface area contributed by atoms with Crippen molar-refractivity contribution in [3.05, 3.63) is 35.1 Å². The number of piperazine rings is 1. The van der Waals surface area contributed by atoms with Crippen molar-refractivity contribution in [1.82, 2.24) is 15.1 Å². The van der Waals surface area contributed by atoms with Crippen molar-refractivity contribution in [2.24, 2.45) is 0 Å². The Hall–Kier alpha value is -0.970. The Kier molecular flexibility index (Phi) is 5.31. The van der Waals surface area contributed by atoms with Crippen molar-refractivity contribution in [2.75, 3.05) is 46.3 Å². The molecule has 106 valence electrons. The number of nitrogens with zero attached hydrogens (tertiary/aromatic N) is 2. The smallest absolute Gasteiger partial charge is 0.123 e. The van der Waals surface area contributed by atoms with E-state index in [0.717, 1.165) is 51.4 Å². The summed E-state index contributed by atoms with van der Waals surface area (Å²) >= 11 is 0. The number of likely N-dealkylation sites (N-methyl/N-ethyl adjacent to an activating group) is 1. The molecule has 1 heterocycles. The van der Waals surface area contributed by atoms with Gasteiger partial charge in [-0.15, -0.1) is 0 Å². The second-order valence-corrected chi connectivity index (χ2v) is 5.39. The van der Waals surface area contributed by atoms with E-state index < -0.39 is 0 Å². The predicted octanol–water partition coefficient (Wildman–Crippen LogP) is 1.47. The molecule has 0 aliphatic carbocycles. The molecule has 1 aliphatic heterocycles. The summed E-state index contributed by atoms with van der Waals surface area (Å²) in [5.41, 5.74) is 2.20. The van der Waals surface area contributed by atoms with Gasteiger partial charge in [0.1, 0.15) is 5.82 Å². The molecule has 3 nitrogen and oxygen atoms in total. The summed E-state index contributed by atoms with van der Waals surface area (Å²) in [5.74, 6) is -0.154. The third-order valence-electron chi connectivity index (χ3n) is 3.82. The third-order valence-corrected chi connectivity index (χ3v) is 3.82. The Labute approximate surface area is 115 Å². The van der Waals surface area contributed by atoms with Crippen LogP contribution in [0.25, 0.3) is 0 Å². The van der Waals surface area contributed by atoms with Gasteiger partial charge in [0.25, 0.3) is 0 Å². The van der Waals surface area contributed by atoms with E-state index in [1.54, 1.807) is 6.07 Å². The van der Waals surface area contributed by atoms with E-state index in [1.807, 2.05) is 13.0 Å². The van der Waals surface area contributed by atoms with Crippen LogP contribution in [0.3, 0.4) is 0 Å². The van der Waals surface area contributed by atoms with E-state index in [9.17, 15) is 4.39 Å². The molecular formula is C15H24FN3. The normalized spacial score (nSPS) is 17.8. The van der Waals surface area contributed by atoms with Gasteiger partial charge in [-0.2, -0.15) is 0 Å². The van der Waals surface area contributed by atoms with Gasteiger partial charge in [0.2, 0.25) is 0 Å². The van der Waals surface area contributed by atoms with Crippen LogP contribution in [-0.4, -0.2) is 56.1 Å². The maximum atomic E-state index is 13.0. The molecule has 1 aromatic carbocycles. The number of nitrogens with one attached hydrogen (secondary N) is 1. The van der Waals surface area contributed by atoms with Gasteiger partial charge in [0, 0.05) is 45.8 Å². The van der Waals surface area contributed by atoms with Crippen molar-refractivity contribution >= 4 is 0 Å². The Balaban J connectivity index is 1.66. The number of halogens is 1. The summed E-state index contributed by atoms with van der Waals surface area (Å²) < 4.78 is 13.0. The lowest BCUT2D eigenvalue weighted by Gasteiger charge is -2.32. The lowest BCUT2D eigenvalue weighted by atomic mass is 10.1. The molecular weight excluding hydrogens is 241 g/mol. The van der Waals surface area contributed by atoms with Gasteiger partial charge >= 0.3 is 0 Å². The molecule has 2 rings (SSSR count). The van der Waals surface area contributed by atoms with Crippen molar-refractivity contribution in [3.8, 4) is 0 Å². The number of hydrogen-bond donors (Lipinski definition) is 1. The van der Waals surface area contributed by atoms with Crippen LogP contribution in [0.5, 0.6) is 0 Å². The second kappa shape index (κ2) is 6.98. The van der Waals surface area contributed by atoms with Gasteiger partial charge in [-0.3, -0.25) is 4.90 Å². The molecule has 1 aliphatic rings. The first-order chi connectivity index (χ1) is 9.15. The van der Waals surface area contributed by atoms with Crippen LogP contribution in [0.1, 0.15) is 11.1 Å². The molecule has 0 unspecified atom stereocenters. The van der Waals surface area contributed by atoms with Gasteiger partial charge in [-0.1, -0.05) is 6.07 Å².